The lowest BCUT2D eigenvalue weighted by Gasteiger charge is -2.24. The number of hydrogen-bond donors (Lipinski definition) is 1. The summed E-state index contributed by atoms with van der Waals surface area (Å²) in [6, 6.07) is 13.0. The summed E-state index contributed by atoms with van der Waals surface area (Å²) >= 11 is 5.99. The van der Waals surface area contributed by atoms with Crippen molar-refractivity contribution in [2.45, 2.75) is 25.8 Å². The number of pyridine rings is 1. The zero-order valence-electron chi connectivity index (χ0n) is 11.6. The fourth-order valence-corrected chi connectivity index (χ4v) is 2.09. The first kappa shape index (κ1) is 14.5. The zero-order valence-corrected chi connectivity index (χ0v) is 12.3. The number of nitrogens with one attached hydrogen (secondary N) is 1. The molecule has 3 nitrogen and oxygen atoms in total. The van der Waals surface area contributed by atoms with Crippen molar-refractivity contribution in [1.82, 2.24) is 10.3 Å². The highest BCUT2D eigenvalue weighted by molar-refractivity contribution is 6.30. The van der Waals surface area contributed by atoms with Crippen molar-refractivity contribution < 1.29 is 4.79 Å². The molecule has 1 amide bonds. The minimum Gasteiger partial charge on any atom is -0.350 e. The normalized spacial score (nSPS) is 11.2. The Morgan fingerprint density at radius 2 is 2.05 bits per heavy atom. The smallest absolute Gasteiger partial charge is 0.230 e. The first-order chi connectivity index (χ1) is 9.50. The zero-order chi connectivity index (χ0) is 14.6. The second kappa shape index (κ2) is 6.06. The van der Waals surface area contributed by atoms with E-state index in [1.54, 1.807) is 12.3 Å². The number of halogens is 1. The number of carbonyl (C=O) groups excluding carboxylic acids is 1. The molecule has 2 rings (SSSR count). The van der Waals surface area contributed by atoms with Crippen molar-refractivity contribution in [1.29, 1.82) is 0 Å². The molecule has 1 N–H and O–H groups in total. The molecule has 0 saturated heterocycles. The third-order valence-electron chi connectivity index (χ3n) is 3.27. The molecular formula is C16H17ClN2O. The molecule has 1 aromatic heterocycles. The fourth-order valence-electron chi connectivity index (χ4n) is 1.90. The van der Waals surface area contributed by atoms with Crippen molar-refractivity contribution in [3.8, 4) is 0 Å². The molecule has 2 aromatic rings. The topological polar surface area (TPSA) is 42.0 Å². The van der Waals surface area contributed by atoms with Gasteiger partial charge in [-0.1, -0.05) is 29.8 Å². The number of carbonyl (C=O) groups is 1. The number of nitrogens with zero attached hydrogens (tertiary/aromatic N) is 1. The average molecular weight is 289 g/mol. The van der Waals surface area contributed by atoms with Gasteiger partial charge in [0.25, 0.3) is 0 Å². The third kappa shape index (κ3) is 3.36. The van der Waals surface area contributed by atoms with Crippen LogP contribution in [0.1, 0.15) is 25.1 Å². The van der Waals surface area contributed by atoms with Crippen LogP contribution in [0.4, 0.5) is 0 Å². The quantitative estimate of drug-likeness (QED) is 0.938. The van der Waals surface area contributed by atoms with E-state index in [2.05, 4.69) is 10.3 Å². The predicted octanol–water partition coefficient (Wildman–Crippen LogP) is 3.33. The van der Waals surface area contributed by atoms with Crippen molar-refractivity contribution in [2.75, 3.05) is 0 Å². The molecule has 0 saturated carbocycles. The Labute approximate surface area is 124 Å². The Bertz CT molecular complexity index is 596. The maximum Gasteiger partial charge on any atom is 0.230 e. The maximum absolute atomic E-state index is 12.4. The molecule has 0 atom stereocenters. The molecule has 0 aliphatic carbocycles. The van der Waals surface area contributed by atoms with Crippen LogP contribution in [0, 0.1) is 0 Å². The van der Waals surface area contributed by atoms with E-state index in [0.717, 1.165) is 11.3 Å². The summed E-state index contributed by atoms with van der Waals surface area (Å²) in [6.07, 6.45) is 1.71. The Hall–Kier alpha value is -1.87. The summed E-state index contributed by atoms with van der Waals surface area (Å²) in [5.41, 5.74) is 1.09. The standard InChI is InChI=1S/C16H17ClN2O/c1-16(2,12-6-5-7-13(17)10-12)15(20)19-11-14-8-3-4-9-18-14/h3-10H,11H2,1-2H3,(H,19,20). The number of rotatable bonds is 4. The van der Waals surface area contributed by atoms with E-state index in [-0.39, 0.29) is 5.91 Å². The summed E-state index contributed by atoms with van der Waals surface area (Å²) in [7, 11) is 0. The van der Waals surface area contributed by atoms with Crippen LogP contribution in [0.25, 0.3) is 0 Å². The van der Waals surface area contributed by atoms with Gasteiger partial charge in [0, 0.05) is 11.2 Å². The molecule has 20 heavy (non-hydrogen) atoms. The van der Waals surface area contributed by atoms with Gasteiger partial charge in [0.2, 0.25) is 5.91 Å². The van der Waals surface area contributed by atoms with E-state index in [1.807, 2.05) is 50.2 Å². The van der Waals surface area contributed by atoms with Gasteiger partial charge in [-0.05, 0) is 43.7 Å². The average Bonchev–Trinajstić information content (AvgIpc) is 2.45. The molecule has 4 heteroatoms. The molecule has 1 heterocycles. The lowest BCUT2D eigenvalue weighted by atomic mass is 9.84. The summed E-state index contributed by atoms with van der Waals surface area (Å²) < 4.78 is 0. The summed E-state index contributed by atoms with van der Waals surface area (Å²) in [5.74, 6) is -0.0505. The second-order valence-corrected chi connectivity index (χ2v) is 5.58. The van der Waals surface area contributed by atoms with E-state index in [0.29, 0.717) is 11.6 Å². The predicted molar refractivity (Wildman–Crippen MR) is 80.6 cm³/mol. The van der Waals surface area contributed by atoms with Gasteiger partial charge in [0.1, 0.15) is 0 Å². The monoisotopic (exact) mass is 288 g/mol. The van der Waals surface area contributed by atoms with Crippen LogP contribution >= 0.6 is 11.6 Å². The van der Waals surface area contributed by atoms with E-state index < -0.39 is 5.41 Å². The van der Waals surface area contributed by atoms with E-state index in [9.17, 15) is 4.79 Å². The Balaban J connectivity index is 2.07. The van der Waals surface area contributed by atoms with Gasteiger partial charge in [-0.15, -0.1) is 0 Å². The molecule has 0 radical (unpaired) electrons. The molecule has 104 valence electrons. The van der Waals surface area contributed by atoms with Crippen LogP contribution in [0.2, 0.25) is 5.02 Å². The van der Waals surface area contributed by atoms with Gasteiger partial charge >= 0.3 is 0 Å². The molecule has 0 fully saturated rings. The van der Waals surface area contributed by atoms with Crippen molar-refractivity contribution in [3.63, 3.8) is 0 Å². The summed E-state index contributed by atoms with van der Waals surface area (Å²) in [6.45, 7) is 4.18. The van der Waals surface area contributed by atoms with Crippen LogP contribution in [-0.4, -0.2) is 10.9 Å². The minimum absolute atomic E-state index is 0.0505. The summed E-state index contributed by atoms with van der Waals surface area (Å²) in [5, 5.41) is 3.55. The molecule has 0 spiro atoms. The third-order valence-corrected chi connectivity index (χ3v) is 3.51. The lowest BCUT2D eigenvalue weighted by Crippen LogP contribution is -2.39. The Kier molecular flexibility index (Phi) is 4.40. The van der Waals surface area contributed by atoms with E-state index in [1.165, 1.54) is 0 Å². The number of benzene rings is 1. The fraction of sp³-hybridized carbons (Fsp3) is 0.250. The maximum atomic E-state index is 12.4. The molecule has 0 aliphatic rings. The summed E-state index contributed by atoms with van der Waals surface area (Å²) in [4.78, 5) is 16.6. The van der Waals surface area contributed by atoms with E-state index in [4.69, 9.17) is 11.6 Å². The van der Waals surface area contributed by atoms with Gasteiger partial charge in [-0.25, -0.2) is 0 Å². The number of aromatic nitrogens is 1. The van der Waals surface area contributed by atoms with Crippen LogP contribution in [-0.2, 0) is 16.8 Å². The van der Waals surface area contributed by atoms with Gasteiger partial charge in [0.15, 0.2) is 0 Å². The number of amides is 1. The number of hydrogen-bond acceptors (Lipinski definition) is 2. The Morgan fingerprint density at radius 1 is 1.25 bits per heavy atom. The minimum atomic E-state index is -0.639. The van der Waals surface area contributed by atoms with Crippen LogP contribution in [0.3, 0.4) is 0 Å². The SMILES string of the molecule is CC(C)(C(=O)NCc1ccccn1)c1cccc(Cl)c1. The second-order valence-electron chi connectivity index (χ2n) is 5.14. The largest absolute Gasteiger partial charge is 0.350 e. The van der Waals surface area contributed by atoms with E-state index >= 15 is 0 Å². The molecule has 0 aliphatic heterocycles. The Morgan fingerprint density at radius 3 is 2.70 bits per heavy atom. The van der Waals surface area contributed by atoms with Crippen molar-refractivity contribution >= 4 is 17.5 Å². The van der Waals surface area contributed by atoms with Crippen LogP contribution < -0.4 is 5.32 Å². The first-order valence-electron chi connectivity index (χ1n) is 6.44. The molecular weight excluding hydrogens is 272 g/mol. The van der Waals surface area contributed by atoms with Gasteiger partial charge in [-0.2, -0.15) is 0 Å². The highest BCUT2D eigenvalue weighted by Gasteiger charge is 2.29. The van der Waals surface area contributed by atoms with Crippen molar-refractivity contribution in [3.05, 3.63) is 64.9 Å². The van der Waals surface area contributed by atoms with Gasteiger partial charge in [-0.3, -0.25) is 9.78 Å². The van der Waals surface area contributed by atoms with Gasteiger partial charge in [0.05, 0.1) is 17.7 Å². The molecule has 0 unspecified atom stereocenters. The highest BCUT2D eigenvalue weighted by Crippen LogP contribution is 2.25. The van der Waals surface area contributed by atoms with Crippen LogP contribution in [0.15, 0.2) is 48.7 Å². The lowest BCUT2D eigenvalue weighted by molar-refractivity contribution is -0.125. The molecule has 0 bridgehead atoms. The van der Waals surface area contributed by atoms with Crippen molar-refractivity contribution in [2.24, 2.45) is 0 Å². The first-order valence-corrected chi connectivity index (χ1v) is 6.82. The van der Waals surface area contributed by atoms with Gasteiger partial charge < -0.3 is 5.32 Å². The van der Waals surface area contributed by atoms with Crippen LogP contribution in [0.5, 0.6) is 0 Å². The molecule has 1 aromatic carbocycles. The highest BCUT2D eigenvalue weighted by atomic mass is 35.5.